The second kappa shape index (κ2) is 7.19. The summed E-state index contributed by atoms with van der Waals surface area (Å²) >= 11 is 0. The van der Waals surface area contributed by atoms with E-state index in [1.54, 1.807) is 7.11 Å². The highest BCUT2D eigenvalue weighted by Crippen LogP contribution is 2.17. The molecule has 0 bridgehead atoms. The number of methoxy groups -OCH3 is 1. The quantitative estimate of drug-likeness (QED) is 0.772. The molecule has 96 valence electrons. The van der Waals surface area contributed by atoms with Crippen molar-refractivity contribution in [2.45, 2.75) is 18.9 Å². The molecular formula is C12H18F2N2O. The van der Waals surface area contributed by atoms with Crippen molar-refractivity contribution in [2.24, 2.45) is 5.73 Å². The summed E-state index contributed by atoms with van der Waals surface area (Å²) in [6.07, 6.45) is 1.60. The number of hydrogen-bond donors (Lipinski definition) is 2. The van der Waals surface area contributed by atoms with E-state index in [9.17, 15) is 8.78 Å². The maximum Gasteiger partial charge on any atom is 0.149 e. The number of nitrogens with two attached hydrogens (primary N) is 1. The first-order valence-electron chi connectivity index (χ1n) is 5.58. The van der Waals surface area contributed by atoms with Gasteiger partial charge in [-0.15, -0.1) is 0 Å². The van der Waals surface area contributed by atoms with E-state index in [-0.39, 0.29) is 11.7 Å². The molecule has 1 unspecified atom stereocenters. The zero-order chi connectivity index (χ0) is 12.7. The van der Waals surface area contributed by atoms with E-state index in [4.69, 9.17) is 10.5 Å². The monoisotopic (exact) mass is 244 g/mol. The molecule has 0 aliphatic rings. The van der Waals surface area contributed by atoms with Gasteiger partial charge >= 0.3 is 0 Å². The van der Waals surface area contributed by atoms with Gasteiger partial charge in [0.2, 0.25) is 0 Å². The Kier molecular flexibility index (Phi) is 5.86. The van der Waals surface area contributed by atoms with Crippen molar-refractivity contribution in [3.8, 4) is 0 Å². The lowest BCUT2D eigenvalue weighted by atomic mass is 10.1. The van der Waals surface area contributed by atoms with Crippen LogP contribution < -0.4 is 11.1 Å². The standard InChI is InChI=1S/C12H18F2N2O/c1-17-8-10(3-2-6-15)16-12-5-4-9(13)7-11(12)14/h4-5,7,10,16H,2-3,6,8,15H2,1H3. The second-order valence-electron chi connectivity index (χ2n) is 3.85. The van der Waals surface area contributed by atoms with Crippen LogP contribution in [0.2, 0.25) is 0 Å². The fourth-order valence-electron chi connectivity index (χ4n) is 1.59. The zero-order valence-electron chi connectivity index (χ0n) is 9.88. The minimum absolute atomic E-state index is 0.0245. The average molecular weight is 244 g/mol. The van der Waals surface area contributed by atoms with Crippen molar-refractivity contribution in [1.82, 2.24) is 0 Å². The van der Waals surface area contributed by atoms with Crippen molar-refractivity contribution in [3.63, 3.8) is 0 Å². The number of benzene rings is 1. The van der Waals surface area contributed by atoms with Crippen LogP contribution in [-0.2, 0) is 4.74 Å². The summed E-state index contributed by atoms with van der Waals surface area (Å²) < 4.78 is 31.2. The molecule has 1 atom stereocenters. The molecule has 0 heterocycles. The molecule has 0 saturated carbocycles. The van der Waals surface area contributed by atoms with Crippen LogP contribution in [0.5, 0.6) is 0 Å². The van der Waals surface area contributed by atoms with Gasteiger partial charge < -0.3 is 15.8 Å². The maximum absolute atomic E-state index is 13.4. The average Bonchev–Trinajstić information content (AvgIpc) is 2.29. The molecule has 17 heavy (non-hydrogen) atoms. The summed E-state index contributed by atoms with van der Waals surface area (Å²) in [7, 11) is 1.58. The largest absolute Gasteiger partial charge is 0.383 e. The minimum Gasteiger partial charge on any atom is -0.383 e. The van der Waals surface area contributed by atoms with Gasteiger partial charge in [0.15, 0.2) is 0 Å². The molecule has 3 N–H and O–H groups in total. The molecule has 0 spiro atoms. The topological polar surface area (TPSA) is 47.3 Å². The lowest BCUT2D eigenvalue weighted by Crippen LogP contribution is -2.26. The lowest BCUT2D eigenvalue weighted by molar-refractivity contribution is 0.182. The van der Waals surface area contributed by atoms with Gasteiger partial charge in [-0.2, -0.15) is 0 Å². The van der Waals surface area contributed by atoms with Gasteiger partial charge in [-0.3, -0.25) is 0 Å². The Morgan fingerprint density at radius 1 is 1.41 bits per heavy atom. The van der Waals surface area contributed by atoms with Gasteiger partial charge in [0.1, 0.15) is 11.6 Å². The number of hydrogen-bond acceptors (Lipinski definition) is 3. The molecule has 0 amide bonds. The smallest absolute Gasteiger partial charge is 0.149 e. The van der Waals surface area contributed by atoms with Crippen molar-refractivity contribution in [1.29, 1.82) is 0 Å². The van der Waals surface area contributed by atoms with Crippen LogP contribution in [0, 0.1) is 11.6 Å². The molecule has 1 aromatic rings. The summed E-state index contributed by atoms with van der Waals surface area (Å²) in [5.74, 6) is -1.18. The van der Waals surface area contributed by atoms with Gasteiger partial charge in [-0.05, 0) is 31.5 Å². The highest BCUT2D eigenvalue weighted by molar-refractivity contribution is 5.45. The third kappa shape index (κ3) is 4.66. The predicted molar refractivity (Wildman–Crippen MR) is 63.9 cm³/mol. The van der Waals surface area contributed by atoms with E-state index in [1.807, 2.05) is 0 Å². The lowest BCUT2D eigenvalue weighted by Gasteiger charge is -2.19. The van der Waals surface area contributed by atoms with Crippen LogP contribution in [0.15, 0.2) is 18.2 Å². The Labute approximate surface area is 100.0 Å². The normalized spacial score (nSPS) is 12.5. The number of nitrogens with one attached hydrogen (secondary N) is 1. The van der Waals surface area contributed by atoms with Crippen LogP contribution in [0.3, 0.4) is 0 Å². The van der Waals surface area contributed by atoms with Crippen LogP contribution in [0.25, 0.3) is 0 Å². The molecule has 5 heteroatoms. The van der Waals surface area contributed by atoms with Gasteiger partial charge in [-0.25, -0.2) is 8.78 Å². The third-order valence-corrected chi connectivity index (χ3v) is 2.42. The van der Waals surface area contributed by atoms with Crippen molar-refractivity contribution in [3.05, 3.63) is 29.8 Å². The Balaban J connectivity index is 2.64. The number of rotatable bonds is 7. The van der Waals surface area contributed by atoms with Crippen LogP contribution >= 0.6 is 0 Å². The molecule has 0 radical (unpaired) electrons. The van der Waals surface area contributed by atoms with Crippen molar-refractivity contribution < 1.29 is 13.5 Å². The molecular weight excluding hydrogens is 226 g/mol. The second-order valence-corrected chi connectivity index (χ2v) is 3.85. The zero-order valence-corrected chi connectivity index (χ0v) is 9.88. The summed E-state index contributed by atoms with van der Waals surface area (Å²) in [6, 6.07) is 3.44. The summed E-state index contributed by atoms with van der Waals surface area (Å²) in [6.45, 7) is 1.03. The first-order chi connectivity index (χ1) is 8.17. The van der Waals surface area contributed by atoms with Crippen LogP contribution in [-0.4, -0.2) is 26.3 Å². The third-order valence-electron chi connectivity index (χ3n) is 2.42. The van der Waals surface area contributed by atoms with E-state index in [2.05, 4.69) is 5.32 Å². The Morgan fingerprint density at radius 3 is 2.76 bits per heavy atom. The van der Waals surface area contributed by atoms with E-state index < -0.39 is 11.6 Å². The van der Waals surface area contributed by atoms with E-state index in [0.717, 1.165) is 18.9 Å². The SMILES string of the molecule is COCC(CCCN)Nc1ccc(F)cc1F. The number of ether oxygens (including phenoxy) is 1. The number of halogens is 2. The van der Waals surface area contributed by atoms with Gasteiger partial charge in [0.25, 0.3) is 0 Å². The van der Waals surface area contributed by atoms with Crippen LogP contribution in [0.1, 0.15) is 12.8 Å². The molecule has 0 saturated heterocycles. The summed E-state index contributed by atoms with van der Waals surface area (Å²) in [5, 5.41) is 2.99. The molecule has 0 fully saturated rings. The molecule has 0 aliphatic carbocycles. The molecule has 1 rings (SSSR count). The van der Waals surface area contributed by atoms with Gasteiger partial charge in [-0.1, -0.05) is 0 Å². The Bertz CT molecular complexity index is 347. The Hall–Kier alpha value is -1.20. The number of anilines is 1. The predicted octanol–water partition coefficient (Wildman–Crippen LogP) is 2.13. The molecule has 0 aromatic heterocycles. The van der Waals surface area contributed by atoms with Gasteiger partial charge in [0.05, 0.1) is 12.3 Å². The van der Waals surface area contributed by atoms with E-state index >= 15 is 0 Å². The van der Waals surface area contributed by atoms with Crippen LogP contribution in [0.4, 0.5) is 14.5 Å². The van der Waals surface area contributed by atoms with Crippen molar-refractivity contribution in [2.75, 3.05) is 25.6 Å². The summed E-state index contributed by atoms with van der Waals surface area (Å²) in [5.41, 5.74) is 5.71. The molecule has 3 nitrogen and oxygen atoms in total. The first-order valence-corrected chi connectivity index (χ1v) is 5.58. The summed E-state index contributed by atoms with van der Waals surface area (Å²) in [4.78, 5) is 0. The highest BCUT2D eigenvalue weighted by atomic mass is 19.1. The van der Waals surface area contributed by atoms with E-state index in [1.165, 1.54) is 12.1 Å². The van der Waals surface area contributed by atoms with Crippen molar-refractivity contribution >= 4 is 5.69 Å². The maximum atomic E-state index is 13.4. The minimum atomic E-state index is -0.598. The highest BCUT2D eigenvalue weighted by Gasteiger charge is 2.11. The fraction of sp³-hybridized carbons (Fsp3) is 0.500. The molecule has 1 aromatic carbocycles. The fourth-order valence-corrected chi connectivity index (χ4v) is 1.59. The van der Waals surface area contributed by atoms with E-state index in [0.29, 0.717) is 13.2 Å². The Morgan fingerprint density at radius 2 is 2.18 bits per heavy atom. The van der Waals surface area contributed by atoms with Gasteiger partial charge in [0, 0.05) is 19.2 Å². The first kappa shape index (κ1) is 13.9. The molecule has 0 aliphatic heterocycles.